The molecular weight excluding hydrogens is 208 g/mol. The number of amides is 2. The number of aliphatic carboxylic acids is 1. The van der Waals surface area contributed by atoms with E-state index in [2.05, 4.69) is 24.5 Å². The lowest BCUT2D eigenvalue weighted by Gasteiger charge is -2.16. The molecule has 5 heteroatoms. The molecule has 0 aliphatic heterocycles. The quantitative estimate of drug-likeness (QED) is 0.621. The van der Waals surface area contributed by atoms with Gasteiger partial charge in [-0.1, -0.05) is 26.7 Å². The van der Waals surface area contributed by atoms with Crippen molar-refractivity contribution in [2.45, 2.75) is 46.1 Å². The van der Waals surface area contributed by atoms with Crippen molar-refractivity contribution in [3.8, 4) is 0 Å². The van der Waals surface area contributed by atoms with Gasteiger partial charge in [0.2, 0.25) is 0 Å². The molecule has 0 saturated heterocycles. The molecule has 5 nitrogen and oxygen atoms in total. The molecule has 2 amide bonds. The minimum atomic E-state index is -0.909. The second-order valence-electron chi connectivity index (χ2n) is 4.04. The largest absolute Gasteiger partial charge is 0.481 e. The normalized spacial score (nSPS) is 12.2. The Morgan fingerprint density at radius 1 is 1.25 bits per heavy atom. The van der Waals surface area contributed by atoms with Gasteiger partial charge in [0.05, 0.1) is 6.42 Å². The van der Waals surface area contributed by atoms with E-state index in [0.717, 1.165) is 12.8 Å². The summed E-state index contributed by atoms with van der Waals surface area (Å²) in [5.74, 6) is -0.423. The molecule has 0 aliphatic carbocycles. The van der Waals surface area contributed by atoms with Crippen LogP contribution in [0.1, 0.15) is 40.0 Å². The van der Waals surface area contributed by atoms with Crippen molar-refractivity contribution in [3.05, 3.63) is 0 Å². The van der Waals surface area contributed by atoms with E-state index in [9.17, 15) is 9.59 Å². The molecule has 0 saturated carbocycles. The molecule has 0 heterocycles. The first-order valence-corrected chi connectivity index (χ1v) is 5.75. The molecule has 0 rings (SSSR count). The van der Waals surface area contributed by atoms with E-state index in [4.69, 9.17) is 5.11 Å². The van der Waals surface area contributed by atoms with E-state index in [-0.39, 0.29) is 18.5 Å². The molecule has 3 N–H and O–H groups in total. The average molecular weight is 230 g/mol. The predicted octanol–water partition coefficient (Wildman–Crippen LogP) is 1.58. The van der Waals surface area contributed by atoms with Crippen molar-refractivity contribution in [2.24, 2.45) is 5.92 Å². The Morgan fingerprint density at radius 2 is 1.81 bits per heavy atom. The predicted molar refractivity (Wildman–Crippen MR) is 62.3 cm³/mol. The Balaban J connectivity index is 3.77. The number of urea groups is 1. The topological polar surface area (TPSA) is 78.4 Å². The molecular formula is C11H22N2O3. The molecule has 16 heavy (non-hydrogen) atoms. The summed E-state index contributed by atoms with van der Waals surface area (Å²) in [5, 5.41) is 13.8. The number of hydrogen-bond donors (Lipinski definition) is 3. The van der Waals surface area contributed by atoms with Gasteiger partial charge in [0.25, 0.3) is 0 Å². The number of carboxylic acids is 1. The van der Waals surface area contributed by atoms with Gasteiger partial charge in [-0.3, -0.25) is 4.79 Å². The second-order valence-corrected chi connectivity index (χ2v) is 4.04. The highest BCUT2D eigenvalue weighted by molar-refractivity contribution is 5.75. The van der Waals surface area contributed by atoms with Gasteiger partial charge in [-0.05, 0) is 12.8 Å². The first-order chi connectivity index (χ1) is 7.49. The van der Waals surface area contributed by atoms with Crippen LogP contribution in [-0.4, -0.2) is 29.7 Å². The number of carbonyl (C=O) groups excluding carboxylic acids is 1. The van der Waals surface area contributed by atoms with Crippen LogP contribution >= 0.6 is 0 Å². The fraction of sp³-hybridized carbons (Fsp3) is 0.818. The molecule has 0 spiro atoms. The lowest BCUT2D eigenvalue weighted by molar-refractivity contribution is -0.137. The Morgan fingerprint density at radius 3 is 2.25 bits per heavy atom. The first kappa shape index (κ1) is 14.7. The number of hydrogen-bond acceptors (Lipinski definition) is 2. The van der Waals surface area contributed by atoms with E-state index < -0.39 is 5.97 Å². The molecule has 1 atom stereocenters. The SMILES string of the molecule is CCC(CC)CNC(=O)NC(C)CC(=O)O. The maximum atomic E-state index is 11.4. The van der Waals surface area contributed by atoms with Gasteiger partial charge in [0, 0.05) is 12.6 Å². The molecule has 94 valence electrons. The highest BCUT2D eigenvalue weighted by Gasteiger charge is 2.11. The Bertz CT molecular complexity index is 227. The van der Waals surface area contributed by atoms with Crippen LogP contribution in [0.25, 0.3) is 0 Å². The summed E-state index contributed by atoms with van der Waals surface area (Å²) in [5.41, 5.74) is 0. The van der Waals surface area contributed by atoms with Crippen molar-refractivity contribution < 1.29 is 14.7 Å². The summed E-state index contributed by atoms with van der Waals surface area (Å²) in [4.78, 5) is 21.7. The summed E-state index contributed by atoms with van der Waals surface area (Å²) < 4.78 is 0. The zero-order valence-electron chi connectivity index (χ0n) is 10.2. The standard InChI is InChI=1S/C11H22N2O3/c1-4-9(5-2)7-12-11(16)13-8(3)6-10(14)15/h8-9H,4-7H2,1-3H3,(H,14,15)(H2,12,13,16). The van der Waals surface area contributed by atoms with Gasteiger partial charge in [0.1, 0.15) is 0 Å². The van der Waals surface area contributed by atoms with Crippen LogP contribution in [0.2, 0.25) is 0 Å². The highest BCUT2D eigenvalue weighted by Crippen LogP contribution is 2.04. The van der Waals surface area contributed by atoms with Crippen molar-refractivity contribution in [1.82, 2.24) is 10.6 Å². The van der Waals surface area contributed by atoms with Gasteiger partial charge in [0.15, 0.2) is 0 Å². The van der Waals surface area contributed by atoms with Crippen LogP contribution in [0, 0.1) is 5.92 Å². The van der Waals surface area contributed by atoms with Crippen LogP contribution in [0.5, 0.6) is 0 Å². The molecule has 1 unspecified atom stereocenters. The second kappa shape index (κ2) is 7.96. The Labute approximate surface area is 96.6 Å². The van der Waals surface area contributed by atoms with Crippen molar-refractivity contribution in [2.75, 3.05) is 6.54 Å². The van der Waals surface area contributed by atoms with E-state index in [1.54, 1.807) is 6.92 Å². The van der Waals surface area contributed by atoms with Gasteiger partial charge < -0.3 is 15.7 Å². The number of nitrogens with one attached hydrogen (secondary N) is 2. The number of carboxylic acid groups (broad SMARTS) is 1. The van der Waals surface area contributed by atoms with Gasteiger partial charge in [-0.15, -0.1) is 0 Å². The van der Waals surface area contributed by atoms with Crippen molar-refractivity contribution >= 4 is 12.0 Å². The average Bonchev–Trinajstić information content (AvgIpc) is 2.17. The fourth-order valence-corrected chi connectivity index (χ4v) is 1.40. The maximum absolute atomic E-state index is 11.4. The molecule has 0 aromatic carbocycles. The summed E-state index contributed by atoms with van der Waals surface area (Å²) in [6, 6.07) is -0.639. The number of carbonyl (C=O) groups is 2. The molecule has 0 aromatic heterocycles. The zero-order chi connectivity index (χ0) is 12.6. The summed E-state index contributed by atoms with van der Waals surface area (Å²) in [6.07, 6.45) is 2.00. The number of rotatable bonds is 7. The Kier molecular flexibility index (Phi) is 7.33. The van der Waals surface area contributed by atoms with E-state index in [1.807, 2.05) is 0 Å². The van der Waals surface area contributed by atoms with Crippen LogP contribution in [-0.2, 0) is 4.79 Å². The third kappa shape index (κ3) is 7.09. The van der Waals surface area contributed by atoms with E-state index in [1.165, 1.54) is 0 Å². The summed E-state index contributed by atoms with van der Waals surface area (Å²) in [7, 11) is 0. The molecule has 0 bridgehead atoms. The van der Waals surface area contributed by atoms with E-state index in [0.29, 0.717) is 12.5 Å². The van der Waals surface area contributed by atoms with Gasteiger partial charge in [-0.2, -0.15) is 0 Å². The van der Waals surface area contributed by atoms with Crippen molar-refractivity contribution in [3.63, 3.8) is 0 Å². The molecule has 0 aromatic rings. The molecule has 0 fully saturated rings. The van der Waals surface area contributed by atoms with Crippen LogP contribution < -0.4 is 10.6 Å². The zero-order valence-corrected chi connectivity index (χ0v) is 10.2. The third-order valence-corrected chi connectivity index (χ3v) is 2.56. The summed E-state index contributed by atoms with van der Waals surface area (Å²) in [6.45, 7) is 6.48. The highest BCUT2D eigenvalue weighted by atomic mass is 16.4. The lowest BCUT2D eigenvalue weighted by atomic mass is 10.0. The maximum Gasteiger partial charge on any atom is 0.315 e. The summed E-state index contributed by atoms with van der Waals surface area (Å²) >= 11 is 0. The lowest BCUT2D eigenvalue weighted by Crippen LogP contribution is -2.43. The van der Waals surface area contributed by atoms with Crippen LogP contribution in [0.4, 0.5) is 4.79 Å². The van der Waals surface area contributed by atoms with Crippen LogP contribution in [0.15, 0.2) is 0 Å². The van der Waals surface area contributed by atoms with Crippen LogP contribution in [0.3, 0.4) is 0 Å². The molecule has 0 aliphatic rings. The van der Waals surface area contributed by atoms with E-state index >= 15 is 0 Å². The van der Waals surface area contributed by atoms with Gasteiger partial charge >= 0.3 is 12.0 Å². The fourth-order valence-electron chi connectivity index (χ4n) is 1.40. The Hall–Kier alpha value is -1.26. The monoisotopic (exact) mass is 230 g/mol. The van der Waals surface area contributed by atoms with Crippen molar-refractivity contribution in [1.29, 1.82) is 0 Å². The van der Waals surface area contributed by atoms with Gasteiger partial charge in [-0.25, -0.2) is 4.79 Å². The first-order valence-electron chi connectivity index (χ1n) is 5.75. The minimum absolute atomic E-state index is 0.0571. The smallest absolute Gasteiger partial charge is 0.315 e. The third-order valence-electron chi connectivity index (χ3n) is 2.56. The minimum Gasteiger partial charge on any atom is -0.481 e. The molecule has 0 radical (unpaired) electrons.